The average molecular weight is 327 g/mol. The van der Waals surface area contributed by atoms with Crippen molar-refractivity contribution >= 4 is 17.4 Å². The first-order valence-electron chi connectivity index (χ1n) is 8.10. The van der Waals surface area contributed by atoms with E-state index in [-0.39, 0.29) is 5.91 Å². The second kappa shape index (κ2) is 7.79. The summed E-state index contributed by atoms with van der Waals surface area (Å²) >= 11 is 0. The van der Waals surface area contributed by atoms with Gasteiger partial charge in [0.15, 0.2) is 0 Å². The van der Waals surface area contributed by atoms with Crippen molar-refractivity contribution < 1.29 is 14.3 Å². The van der Waals surface area contributed by atoms with E-state index in [2.05, 4.69) is 15.2 Å². The molecular formula is C18H21N3O3. The van der Waals surface area contributed by atoms with Crippen LogP contribution in [0.1, 0.15) is 17.3 Å². The van der Waals surface area contributed by atoms with Gasteiger partial charge in [0.05, 0.1) is 37.3 Å². The van der Waals surface area contributed by atoms with E-state index in [1.807, 2.05) is 31.2 Å². The van der Waals surface area contributed by atoms with Crippen LogP contribution >= 0.6 is 0 Å². The van der Waals surface area contributed by atoms with Crippen LogP contribution in [0.25, 0.3) is 0 Å². The van der Waals surface area contributed by atoms with E-state index < -0.39 is 0 Å². The van der Waals surface area contributed by atoms with E-state index in [4.69, 9.17) is 9.47 Å². The third-order valence-electron chi connectivity index (χ3n) is 3.80. The van der Waals surface area contributed by atoms with Gasteiger partial charge >= 0.3 is 0 Å². The van der Waals surface area contributed by atoms with Gasteiger partial charge in [0.1, 0.15) is 11.6 Å². The molecule has 1 aliphatic rings. The number of hydrogen-bond acceptors (Lipinski definition) is 5. The molecule has 0 unspecified atom stereocenters. The number of aromatic nitrogens is 1. The maximum Gasteiger partial charge on any atom is 0.260 e. The van der Waals surface area contributed by atoms with Crippen LogP contribution in [0.15, 0.2) is 42.6 Å². The lowest BCUT2D eigenvalue weighted by Crippen LogP contribution is -2.36. The molecule has 0 bridgehead atoms. The van der Waals surface area contributed by atoms with Crippen molar-refractivity contribution in [2.24, 2.45) is 0 Å². The average Bonchev–Trinajstić information content (AvgIpc) is 2.64. The number of nitrogens with zero attached hydrogens (tertiary/aromatic N) is 2. The van der Waals surface area contributed by atoms with Crippen molar-refractivity contribution in [1.29, 1.82) is 0 Å². The van der Waals surface area contributed by atoms with Gasteiger partial charge in [-0.3, -0.25) is 4.79 Å². The van der Waals surface area contributed by atoms with Gasteiger partial charge in [0, 0.05) is 13.1 Å². The Labute approximate surface area is 141 Å². The number of amides is 1. The number of carbonyl (C=O) groups excluding carboxylic acids is 1. The topological polar surface area (TPSA) is 63.7 Å². The first kappa shape index (κ1) is 16.3. The van der Waals surface area contributed by atoms with Crippen LogP contribution in [0, 0.1) is 0 Å². The van der Waals surface area contributed by atoms with E-state index in [0.29, 0.717) is 23.7 Å². The minimum atomic E-state index is -0.231. The van der Waals surface area contributed by atoms with E-state index >= 15 is 0 Å². The van der Waals surface area contributed by atoms with Crippen LogP contribution in [0.4, 0.5) is 11.5 Å². The molecule has 6 nitrogen and oxygen atoms in total. The third kappa shape index (κ3) is 3.83. The van der Waals surface area contributed by atoms with Crippen LogP contribution < -0.4 is 15.0 Å². The first-order valence-corrected chi connectivity index (χ1v) is 8.10. The van der Waals surface area contributed by atoms with Crippen LogP contribution in [0.2, 0.25) is 0 Å². The van der Waals surface area contributed by atoms with Gasteiger partial charge in [0.25, 0.3) is 5.91 Å². The normalized spacial score (nSPS) is 14.3. The fourth-order valence-electron chi connectivity index (χ4n) is 2.59. The molecule has 1 aromatic heterocycles. The van der Waals surface area contributed by atoms with Crippen LogP contribution in [-0.4, -0.2) is 43.8 Å². The molecule has 1 amide bonds. The Morgan fingerprint density at radius 1 is 1.25 bits per heavy atom. The second-order valence-electron chi connectivity index (χ2n) is 5.38. The monoisotopic (exact) mass is 327 g/mol. The Morgan fingerprint density at radius 3 is 2.75 bits per heavy atom. The number of nitrogens with one attached hydrogen (secondary N) is 1. The summed E-state index contributed by atoms with van der Waals surface area (Å²) in [4.78, 5) is 19.0. The summed E-state index contributed by atoms with van der Waals surface area (Å²) in [6, 6.07) is 11.0. The van der Waals surface area contributed by atoms with E-state index in [0.717, 1.165) is 32.0 Å². The van der Waals surface area contributed by atoms with Gasteiger partial charge in [-0.15, -0.1) is 0 Å². The number of pyridine rings is 1. The van der Waals surface area contributed by atoms with Crippen molar-refractivity contribution in [3.8, 4) is 5.75 Å². The molecule has 1 saturated heterocycles. The lowest BCUT2D eigenvalue weighted by molar-refractivity contribution is 0.102. The molecule has 6 heteroatoms. The number of ether oxygens (including phenoxy) is 2. The highest BCUT2D eigenvalue weighted by atomic mass is 16.5. The molecule has 3 rings (SSSR count). The van der Waals surface area contributed by atoms with E-state index in [9.17, 15) is 4.79 Å². The molecule has 1 fully saturated rings. The second-order valence-corrected chi connectivity index (χ2v) is 5.38. The summed E-state index contributed by atoms with van der Waals surface area (Å²) in [7, 11) is 0. The summed E-state index contributed by atoms with van der Waals surface area (Å²) in [5, 5.41) is 2.81. The molecule has 0 atom stereocenters. The molecule has 24 heavy (non-hydrogen) atoms. The Morgan fingerprint density at radius 2 is 2.04 bits per heavy atom. The largest absolute Gasteiger partial charge is 0.493 e. The Balaban J connectivity index is 1.68. The van der Waals surface area contributed by atoms with Crippen LogP contribution in [-0.2, 0) is 4.74 Å². The first-order chi connectivity index (χ1) is 11.8. The highest BCUT2D eigenvalue weighted by molar-refractivity contribution is 6.05. The zero-order chi connectivity index (χ0) is 16.8. The Bertz CT molecular complexity index is 682. The maximum atomic E-state index is 12.4. The minimum Gasteiger partial charge on any atom is -0.493 e. The van der Waals surface area contributed by atoms with E-state index in [1.54, 1.807) is 18.3 Å². The number of para-hydroxylation sites is 1. The number of morpholine rings is 1. The van der Waals surface area contributed by atoms with Gasteiger partial charge in [-0.25, -0.2) is 4.98 Å². The molecule has 0 saturated carbocycles. The van der Waals surface area contributed by atoms with Crippen molar-refractivity contribution in [1.82, 2.24) is 4.98 Å². The van der Waals surface area contributed by atoms with Gasteiger partial charge in [0.2, 0.25) is 0 Å². The minimum absolute atomic E-state index is 0.231. The molecule has 2 heterocycles. The number of hydrogen-bond donors (Lipinski definition) is 1. The number of rotatable bonds is 5. The number of carbonyl (C=O) groups is 1. The molecule has 1 N–H and O–H groups in total. The molecule has 2 aromatic rings. The fraction of sp³-hybridized carbons (Fsp3) is 0.333. The smallest absolute Gasteiger partial charge is 0.260 e. The standard InChI is InChI=1S/C18H21N3O3/c1-2-24-16-6-4-3-5-15(16)18(22)20-17-8-7-14(13-19-17)21-9-11-23-12-10-21/h3-8,13H,2,9-12H2,1H3,(H,19,20,22). The number of benzene rings is 1. The van der Waals surface area contributed by atoms with Gasteiger partial charge in [-0.1, -0.05) is 12.1 Å². The Hall–Kier alpha value is -2.60. The van der Waals surface area contributed by atoms with Gasteiger partial charge in [-0.05, 0) is 31.2 Å². The summed E-state index contributed by atoms with van der Waals surface area (Å²) in [6.45, 7) is 5.57. The SMILES string of the molecule is CCOc1ccccc1C(=O)Nc1ccc(N2CCOCC2)cn1. The third-order valence-corrected chi connectivity index (χ3v) is 3.80. The van der Waals surface area contributed by atoms with E-state index in [1.165, 1.54) is 0 Å². The summed E-state index contributed by atoms with van der Waals surface area (Å²) in [5.41, 5.74) is 1.53. The summed E-state index contributed by atoms with van der Waals surface area (Å²) in [5.74, 6) is 0.858. The lowest BCUT2D eigenvalue weighted by atomic mass is 10.2. The summed E-state index contributed by atoms with van der Waals surface area (Å²) in [6.07, 6.45) is 1.77. The van der Waals surface area contributed by atoms with Crippen molar-refractivity contribution in [2.45, 2.75) is 6.92 Å². The highest BCUT2D eigenvalue weighted by Gasteiger charge is 2.14. The predicted molar refractivity (Wildman–Crippen MR) is 92.8 cm³/mol. The molecule has 0 aliphatic carbocycles. The van der Waals surface area contributed by atoms with Crippen molar-refractivity contribution in [3.05, 3.63) is 48.2 Å². The quantitative estimate of drug-likeness (QED) is 0.914. The Kier molecular flexibility index (Phi) is 5.28. The molecular weight excluding hydrogens is 306 g/mol. The maximum absolute atomic E-state index is 12.4. The fourth-order valence-corrected chi connectivity index (χ4v) is 2.59. The molecule has 1 aromatic carbocycles. The zero-order valence-electron chi connectivity index (χ0n) is 13.7. The molecule has 126 valence electrons. The van der Waals surface area contributed by atoms with Crippen LogP contribution in [0.5, 0.6) is 5.75 Å². The molecule has 0 spiro atoms. The molecule has 1 aliphatic heterocycles. The summed E-state index contributed by atoms with van der Waals surface area (Å²) < 4.78 is 10.8. The van der Waals surface area contributed by atoms with Crippen molar-refractivity contribution in [2.75, 3.05) is 43.1 Å². The predicted octanol–water partition coefficient (Wildman–Crippen LogP) is 2.57. The van der Waals surface area contributed by atoms with Crippen molar-refractivity contribution in [3.63, 3.8) is 0 Å². The number of anilines is 2. The lowest BCUT2D eigenvalue weighted by Gasteiger charge is -2.28. The molecule has 0 radical (unpaired) electrons. The van der Waals surface area contributed by atoms with Gasteiger partial charge in [-0.2, -0.15) is 0 Å². The zero-order valence-corrected chi connectivity index (χ0v) is 13.7. The van der Waals surface area contributed by atoms with Gasteiger partial charge < -0.3 is 19.7 Å². The highest BCUT2D eigenvalue weighted by Crippen LogP contribution is 2.20. The van der Waals surface area contributed by atoms with Crippen LogP contribution in [0.3, 0.4) is 0 Å².